The van der Waals surface area contributed by atoms with E-state index < -0.39 is 11.7 Å². The molecule has 0 bridgehead atoms. The van der Waals surface area contributed by atoms with E-state index >= 15 is 0 Å². The first-order valence-corrected chi connectivity index (χ1v) is 6.85. The zero-order chi connectivity index (χ0) is 15.2. The molecule has 1 aromatic heterocycles. The molecule has 0 aliphatic carbocycles. The summed E-state index contributed by atoms with van der Waals surface area (Å²) >= 11 is 0. The van der Waals surface area contributed by atoms with Gasteiger partial charge in [0.2, 0.25) is 0 Å². The summed E-state index contributed by atoms with van der Waals surface area (Å²) in [6.45, 7) is 11.2. The summed E-state index contributed by atoms with van der Waals surface area (Å²) < 4.78 is 12.6. The van der Waals surface area contributed by atoms with Crippen molar-refractivity contribution in [3.8, 4) is 0 Å². The number of nitrogens with one attached hydrogen (secondary N) is 1. The molecule has 0 aliphatic rings. The lowest BCUT2D eigenvalue weighted by molar-refractivity contribution is 0.0521. The first-order chi connectivity index (χ1) is 9.28. The Kier molecular flexibility index (Phi) is 6.01. The van der Waals surface area contributed by atoms with E-state index in [0.29, 0.717) is 19.7 Å². The van der Waals surface area contributed by atoms with Gasteiger partial charge in [0.15, 0.2) is 0 Å². The smallest absolute Gasteiger partial charge is 0.407 e. The van der Waals surface area contributed by atoms with Gasteiger partial charge < -0.3 is 19.4 Å². The van der Waals surface area contributed by atoms with Gasteiger partial charge in [0.25, 0.3) is 0 Å². The van der Waals surface area contributed by atoms with Gasteiger partial charge in [0, 0.05) is 12.7 Å². The van der Waals surface area contributed by atoms with Crippen molar-refractivity contribution < 1.29 is 14.3 Å². The van der Waals surface area contributed by atoms with Gasteiger partial charge in [-0.25, -0.2) is 9.78 Å². The molecule has 0 fully saturated rings. The maximum Gasteiger partial charge on any atom is 0.407 e. The van der Waals surface area contributed by atoms with Crippen LogP contribution in [0, 0.1) is 0 Å². The lowest BCUT2D eigenvalue weighted by atomic mass is 10.2. The first kappa shape index (κ1) is 16.5. The number of hydrogen-bond donors (Lipinski definition) is 1. The van der Waals surface area contributed by atoms with Crippen LogP contribution in [0.5, 0.6) is 0 Å². The maximum atomic E-state index is 11.6. The highest BCUT2D eigenvalue weighted by Gasteiger charge is 2.16. The van der Waals surface area contributed by atoms with Gasteiger partial charge in [-0.2, -0.15) is 0 Å². The van der Waals surface area contributed by atoms with Crippen molar-refractivity contribution in [1.29, 1.82) is 0 Å². The Hall–Kier alpha value is -1.56. The zero-order valence-electron chi connectivity index (χ0n) is 13.0. The van der Waals surface area contributed by atoms with E-state index in [-0.39, 0.29) is 6.10 Å². The molecular formula is C14H25N3O3. The van der Waals surface area contributed by atoms with Crippen molar-refractivity contribution in [2.24, 2.45) is 0 Å². The standard InChI is InChI=1S/C14H25N3O3/c1-11(2)19-7-6-17-10-15-8-12(17)9-16-13(18)20-14(3,4)5/h8,10-11H,6-7,9H2,1-5H3,(H,16,18). The largest absolute Gasteiger partial charge is 0.444 e. The molecule has 114 valence electrons. The van der Waals surface area contributed by atoms with Crippen LogP contribution < -0.4 is 5.32 Å². The molecule has 0 atom stereocenters. The second-order valence-corrected chi connectivity index (χ2v) is 5.85. The average molecular weight is 283 g/mol. The Balaban J connectivity index is 2.41. The lowest BCUT2D eigenvalue weighted by Crippen LogP contribution is -2.32. The predicted octanol–water partition coefficient (Wildman–Crippen LogP) is 2.33. The molecule has 1 rings (SSSR count). The molecule has 0 aromatic carbocycles. The van der Waals surface area contributed by atoms with Gasteiger partial charge in [-0.05, 0) is 34.6 Å². The van der Waals surface area contributed by atoms with Crippen LogP contribution >= 0.6 is 0 Å². The van der Waals surface area contributed by atoms with Crippen molar-refractivity contribution >= 4 is 6.09 Å². The normalized spacial score (nSPS) is 11.7. The van der Waals surface area contributed by atoms with Crippen LogP contribution in [0.1, 0.15) is 40.3 Å². The summed E-state index contributed by atoms with van der Waals surface area (Å²) in [6, 6.07) is 0. The zero-order valence-corrected chi connectivity index (χ0v) is 13.0. The number of imidazole rings is 1. The number of carbonyl (C=O) groups is 1. The Labute approximate surface area is 120 Å². The lowest BCUT2D eigenvalue weighted by Gasteiger charge is -2.19. The van der Waals surface area contributed by atoms with Crippen molar-refractivity contribution in [2.45, 2.75) is 59.4 Å². The summed E-state index contributed by atoms with van der Waals surface area (Å²) in [6.07, 6.45) is 3.24. The third kappa shape index (κ3) is 6.56. The van der Waals surface area contributed by atoms with E-state index in [1.165, 1.54) is 0 Å². The number of alkyl carbamates (subject to hydrolysis) is 1. The molecule has 0 saturated heterocycles. The fourth-order valence-corrected chi connectivity index (χ4v) is 1.56. The summed E-state index contributed by atoms with van der Waals surface area (Å²) in [5.74, 6) is 0. The third-order valence-electron chi connectivity index (χ3n) is 2.39. The van der Waals surface area contributed by atoms with Gasteiger partial charge in [0.05, 0.1) is 31.3 Å². The SMILES string of the molecule is CC(C)OCCn1cncc1CNC(=O)OC(C)(C)C. The number of amides is 1. The van der Waals surface area contributed by atoms with Crippen molar-refractivity contribution in [1.82, 2.24) is 14.9 Å². The Bertz CT molecular complexity index is 422. The fraction of sp³-hybridized carbons (Fsp3) is 0.714. The number of nitrogens with zero attached hydrogens (tertiary/aromatic N) is 2. The number of carbonyl (C=O) groups excluding carboxylic acids is 1. The monoisotopic (exact) mass is 283 g/mol. The second-order valence-electron chi connectivity index (χ2n) is 5.85. The van der Waals surface area contributed by atoms with Crippen LogP contribution in [-0.2, 0) is 22.6 Å². The van der Waals surface area contributed by atoms with Crippen LogP contribution in [0.25, 0.3) is 0 Å². The molecular weight excluding hydrogens is 258 g/mol. The van der Waals surface area contributed by atoms with E-state index in [1.54, 1.807) is 12.5 Å². The highest BCUT2D eigenvalue weighted by atomic mass is 16.6. The molecule has 1 N–H and O–H groups in total. The van der Waals surface area contributed by atoms with Gasteiger partial charge in [-0.15, -0.1) is 0 Å². The molecule has 1 amide bonds. The first-order valence-electron chi connectivity index (χ1n) is 6.85. The minimum atomic E-state index is -0.491. The van der Waals surface area contributed by atoms with Crippen LogP contribution in [0.3, 0.4) is 0 Å². The molecule has 0 unspecified atom stereocenters. The van der Waals surface area contributed by atoms with Gasteiger partial charge in [0.1, 0.15) is 5.60 Å². The molecule has 1 heterocycles. The third-order valence-corrected chi connectivity index (χ3v) is 2.39. The summed E-state index contributed by atoms with van der Waals surface area (Å²) in [7, 11) is 0. The number of hydrogen-bond acceptors (Lipinski definition) is 4. The van der Waals surface area contributed by atoms with E-state index in [1.807, 2.05) is 39.2 Å². The minimum absolute atomic E-state index is 0.210. The van der Waals surface area contributed by atoms with Crippen LogP contribution in [-0.4, -0.2) is 34.0 Å². The van der Waals surface area contributed by atoms with E-state index in [0.717, 1.165) is 5.69 Å². The predicted molar refractivity (Wildman–Crippen MR) is 76.4 cm³/mol. The van der Waals surface area contributed by atoms with Crippen molar-refractivity contribution in [2.75, 3.05) is 6.61 Å². The summed E-state index contributed by atoms with van der Waals surface area (Å²) in [5, 5.41) is 2.72. The molecule has 20 heavy (non-hydrogen) atoms. The molecule has 0 saturated carbocycles. The minimum Gasteiger partial charge on any atom is -0.444 e. The summed E-state index contributed by atoms with van der Waals surface area (Å²) in [4.78, 5) is 15.7. The fourth-order valence-electron chi connectivity index (χ4n) is 1.56. The molecule has 0 spiro atoms. The Morgan fingerprint density at radius 2 is 2.15 bits per heavy atom. The highest BCUT2D eigenvalue weighted by molar-refractivity contribution is 5.67. The van der Waals surface area contributed by atoms with Gasteiger partial charge in [-0.1, -0.05) is 0 Å². The van der Waals surface area contributed by atoms with Crippen LogP contribution in [0.15, 0.2) is 12.5 Å². The van der Waals surface area contributed by atoms with Crippen molar-refractivity contribution in [3.05, 3.63) is 18.2 Å². The van der Waals surface area contributed by atoms with E-state index in [4.69, 9.17) is 9.47 Å². The highest BCUT2D eigenvalue weighted by Crippen LogP contribution is 2.07. The van der Waals surface area contributed by atoms with E-state index in [9.17, 15) is 4.79 Å². The molecule has 1 aromatic rings. The number of ether oxygens (including phenoxy) is 2. The molecule has 6 heteroatoms. The maximum absolute atomic E-state index is 11.6. The Morgan fingerprint density at radius 1 is 1.45 bits per heavy atom. The average Bonchev–Trinajstić information content (AvgIpc) is 2.71. The van der Waals surface area contributed by atoms with Crippen LogP contribution in [0.4, 0.5) is 4.79 Å². The summed E-state index contributed by atoms with van der Waals surface area (Å²) in [5.41, 5.74) is 0.429. The van der Waals surface area contributed by atoms with Gasteiger partial charge >= 0.3 is 6.09 Å². The Morgan fingerprint density at radius 3 is 2.75 bits per heavy atom. The van der Waals surface area contributed by atoms with E-state index in [2.05, 4.69) is 10.3 Å². The van der Waals surface area contributed by atoms with Gasteiger partial charge in [-0.3, -0.25) is 0 Å². The second kappa shape index (κ2) is 7.28. The topological polar surface area (TPSA) is 65.4 Å². The molecule has 6 nitrogen and oxygen atoms in total. The molecule has 0 aliphatic heterocycles. The quantitative estimate of drug-likeness (QED) is 0.870. The van der Waals surface area contributed by atoms with Crippen LogP contribution in [0.2, 0.25) is 0 Å². The van der Waals surface area contributed by atoms with Crippen molar-refractivity contribution in [3.63, 3.8) is 0 Å². The number of aromatic nitrogens is 2. The number of rotatable bonds is 6. The molecule has 0 radical (unpaired) electrons.